The van der Waals surface area contributed by atoms with Gasteiger partial charge in [-0.05, 0) is 38.1 Å². The van der Waals surface area contributed by atoms with Crippen molar-refractivity contribution in [2.45, 2.75) is 26.6 Å². The van der Waals surface area contributed by atoms with Crippen molar-refractivity contribution in [1.29, 1.82) is 0 Å². The lowest BCUT2D eigenvalue weighted by Crippen LogP contribution is -2.48. The SMILES string of the molecule is Cc1ccc(-c2nc3sc(C)cn3c2CN2CCN(C(=O)c3ccc(C(F)(F)F)cc3)CC2)cc1. The highest BCUT2D eigenvalue weighted by Crippen LogP contribution is 2.31. The molecule has 1 aliphatic heterocycles. The number of nitrogens with zero attached hydrogens (tertiary/aromatic N) is 4. The molecule has 1 saturated heterocycles. The summed E-state index contributed by atoms with van der Waals surface area (Å²) in [5.74, 6) is -0.237. The molecular weight excluding hydrogens is 473 g/mol. The molecule has 5 nitrogen and oxygen atoms in total. The van der Waals surface area contributed by atoms with Crippen LogP contribution >= 0.6 is 11.3 Å². The Bertz CT molecular complexity index is 1350. The number of fused-ring (bicyclic) bond motifs is 1. The van der Waals surface area contributed by atoms with Crippen molar-refractivity contribution in [2.24, 2.45) is 0 Å². The van der Waals surface area contributed by atoms with Crippen LogP contribution in [0, 0.1) is 13.8 Å². The molecule has 2 aromatic heterocycles. The van der Waals surface area contributed by atoms with Gasteiger partial charge in [-0.1, -0.05) is 29.8 Å². The van der Waals surface area contributed by atoms with E-state index < -0.39 is 11.7 Å². The predicted octanol–water partition coefficient (Wildman–Crippen LogP) is 5.66. The Balaban J connectivity index is 1.30. The molecule has 0 saturated carbocycles. The van der Waals surface area contributed by atoms with Gasteiger partial charge < -0.3 is 4.90 Å². The molecule has 3 heterocycles. The van der Waals surface area contributed by atoms with Crippen molar-refractivity contribution in [3.05, 3.63) is 82.0 Å². The number of halogens is 3. The number of aromatic nitrogens is 2. The first-order valence-electron chi connectivity index (χ1n) is 11.4. The zero-order valence-electron chi connectivity index (χ0n) is 19.5. The summed E-state index contributed by atoms with van der Waals surface area (Å²) in [7, 11) is 0. The average Bonchev–Trinajstić information content (AvgIpc) is 3.36. The number of carbonyl (C=O) groups excluding carboxylic acids is 1. The Labute approximate surface area is 205 Å². The number of benzene rings is 2. The van der Waals surface area contributed by atoms with Crippen LogP contribution in [0.5, 0.6) is 0 Å². The molecule has 0 radical (unpaired) electrons. The molecule has 0 aliphatic carbocycles. The van der Waals surface area contributed by atoms with Gasteiger partial charge in [0.05, 0.1) is 17.0 Å². The Hall–Kier alpha value is -3.17. The van der Waals surface area contributed by atoms with E-state index in [1.807, 2.05) is 0 Å². The highest BCUT2D eigenvalue weighted by atomic mass is 32.1. The average molecular weight is 499 g/mol. The first-order valence-corrected chi connectivity index (χ1v) is 12.2. The van der Waals surface area contributed by atoms with Gasteiger partial charge in [0.1, 0.15) is 0 Å². The maximum atomic E-state index is 12.8. The van der Waals surface area contributed by atoms with Crippen molar-refractivity contribution < 1.29 is 18.0 Å². The molecule has 0 bridgehead atoms. The van der Waals surface area contributed by atoms with Crippen LogP contribution in [0.25, 0.3) is 16.2 Å². The molecule has 1 fully saturated rings. The minimum absolute atomic E-state index is 0.237. The fourth-order valence-corrected chi connectivity index (χ4v) is 5.24. The molecule has 9 heteroatoms. The van der Waals surface area contributed by atoms with E-state index in [0.717, 1.165) is 34.0 Å². The van der Waals surface area contributed by atoms with E-state index in [9.17, 15) is 18.0 Å². The molecule has 4 aromatic rings. The molecule has 182 valence electrons. The van der Waals surface area contributed by atoms with E-state index in [1.165, 1.54) is 22.6 Å². The van der Waals surface area contributed by atoms with Gasteiger partial charge in [-0.25, -0.2) is 4.98 Å². The predicted molar refractivity (Wildman–Crippen MR) is 131 cm³/mol. The van der Waals surface area contributed by atoms with Gasteiger partial charge in [-0.15, -0.1) is 11.3 Å². The van der Waals surface area contributed by atoms with Crippen molar-refractivity contribution in [3.63, 3.8) is 0 Å². The number of amides is 1. The normalized spacial score (nSPS) is 15.2. The number of piperazine rings is 1. The first-order chi connectivity index (χ1) is 16.7. The third-order valence-corrected chi connectivity index (χ3v) is 7.26. The fraction of sp³-hybridized carbons (Fsp3) is 0.308. The van der Waals surface area contributed by atoms with Gasteiger partial charge in [0.15, 0.2) is 4.96 Å². The summed E-state index contributed by atoms with van der Waals surface area (Å²) in [5.41, 5.74) is 3.89. The quantitative estimate of drug-likeness (QED) is 0.365. The van der Waals surface area contributed by atoms with Gasteiger partial charge in [0.2, 0.25) is 0 Å². The van der Waals surface area contributed by atoms with Gasteiger partial charge in [0, 0.05) is 54.9 Å². The highest BCUT2D eigenvalue weighted by molar-refractivity contribution is 7.17. The van der Waals surface area contributed by atoms with Gasteiger partial charge in [0.25, 0.3) is 5.91 Å². The van der Waals surface area contributed by atoms with E-state index in [4.69, 9.17) is 4.98 Å². The summed E-state index contributed by atoms with van der Waals surface area (Å²) < 4.78 is 40.6. The Morgan fingerprint density at radius 2 is 1.63 bits per heavy atom. The van der Waals surface area contributed by atoms with E-state index in [1.54, 1.807) is 16.2 Å². The second-order valence-corrected chi connectivity index (χ2v) is 10.1. The van der Waals surface area contributed by atoms with Gasteiger partial charge in [-0.2, -0.15) is 13.2 Å². The molecule has 0 unspecified atom stereocenters. The largest absolute Gasteiger partial charge is 0.416 e. The van der Waals surface area contributed by atoms with Crippen LogP contribution in [0.3, 0.4) is 0 Å². The number of hydrogen-bond donors (Lipinski definition) is 0. The number of rotatable bonds is 4. The molecule has 1 amide bonds. The van der Waals surface area contributed by atoms with Crippen LogP contribution in [0.4, 0.5) is 13.2 Å². The summed E-state index contributed by atoms with van der Waals surface area (Å²) in [5, 5.41) is 0. The Kier molecular flexibility index (Phi) is 6.14. The van der Waals surface area contributed by atoms with Crippen LogP contribution < -0.4 is 0 Å². The molecule has 0 atom stereocenters. The highest BCUT2D eigenvalue weighted by Gasteiger charge is 2.31. The van der Waals surface area contributed by atoms with Crippen molar-refractivity contribution in [2.75, 3.05) is 26.2 Å². The Morgan fingerprint density at radius 3 is 2.26 bits per heavy atom. The smallest absolute Gasteiger partial charge is 0.336 e. The topological polar surface area (TPSA) is 40.9 Å². The fourth-order valence-electron chi connectivity index (χ4n) is 4.40. The maximum absolute atomic E-state index is 12.8. The third kappa shape index (κ3) is 4.83. The third-order valence-electron chi connectivity index (χ3n) is 6.36. The minimum Gasteiger partial charge on any atom is -0.336 e. The first kappa shape index (κ1) is 23.6. The zero-order chi connectivity index (χ0) is 24.7. The zero-order valence-corrected chi connectivity index (χ0v) is 20.3. The molecule has 35 heavy (non-hydrogen) atoms. The lowest BCUT2D eigenvalue weighted by Gasteiger charge is -2.34. The van der Waals surface area contributed by atoms with Gasteiger partial charge in [-0.3, -0.25) is 14.1 Å². The summed E-state index contributed by atoms with van der Waals surface area (Å²) in [6, 6.07) is 12.8. The molecule has 5 rings (SSSR count). The van der Waals surface area contributed by atoms with Crippen molar-refractivity contribution in [3.8, 4) is 11.3 Å². The van der Waals surface area contributed by atoms with E-state index in [2.05, 4.69) is 53.6 Å². The minimum atomic E-state index is -4.41. The van der Waals surface area contributed by atoms with Crippen LogP contribution in [-0.4, -0.2) is 51.3 Å². The van der Waals surface area contributed by atoms with Crippen molar-refractivity contribution in [1.82, 2.24) is 19.2 Å². The van der Waals surface area contributed by atoms with Gasteiger partial charge >= 0.3 is 6.18 Å². The van der Waals surface area contributed by atoms with E-state index >= 15 is 0 Å². The summed E-state index contributed by atoms with van der Waals surface area (Å²) in [4.78, 5) is 23.9. The summed E-state index contributed by atoms with van der Waals surface area (Å²) in [6.45, 7) is 7.22. The number of carbonyl (C=O) groups is 1. The van der Waals surface area contributed by atoms with Crippen LogP contribution in [-0.2, 0) is 12.7 Å². The number of alkyl halides is 3. The summed E-state index contributed by atoms with van der Waals surface area (Å²) >= 11 is 1.66. The van der Waals surface area contributed by atoms with Crippen LogP contribution in [0.1, 0.15) is 32.1 Å². The molecule has 1 aliphatic rings. The molecule has 0 spiro atoms. The number of thiazole rings is 1. The second-order valence-electron chi connectivity index (χ2n) is 8.91. The lowest BCUT2D eigenvalue weighted by atomic mass is 10.1. The monoisotopic (exact) mass is 498 g/mol. The standard InChI is InChI=1S/C26H25F3N4OS/c1-17-3-5-19(6-4-17)23-22(33-15-18(2)35-25(33)30-23)16-31-11-13-32(14-12-31)24(34)20-7-9-21(10-8-20)26(27,28)29/h3-10,15H,11-14,16H2,1-2H3. The molecule has 2 aromatic carbocycles. The molecular formula is C26H25F3N4OS. The Morgan fingerprint density at radius 1 is 0.971 bits per heavy atom. The lowest BCUT2D eigenvalue weighted by molar-refractivity contribution is -0.137. The summed E-state index contributed by atoms with van der Waals surface area (Å²) in [6.07, 6.45) is -2.30. The second kappa shape index (κ2) is 9.13. The van der Waals surface area contributed by atoms with E-state index in [-0.39, 0.29) is 11.5 Å². The number of hydrogen-bond acceptors (Lipinski definition) is 4. The van der Waals surface area contributed by atoms with Crippen molar-refractivity contribution >= 4 is 22.2 Å². The maximum Gasteiger partial charge on any atom is 0.416 e. The number of imidazole rings is 1. The molecule has 0 N–H and O–H groups in total. The van der Waals surface area contributed by atoms with E-state index in [0.29, 0.717) is 32.7 Å². The van der Waals surface area contributed by atoms with Crippen LogP contribution in [0.2, 0.25) is 0 Å². The van der Waals surface area contributed by atoms with Crippen LogP contribution in [0.15, 0.2) is 54.7 Å². The number of aryl methyl sites for hydroxylation is 2.